The maximum Gasteiger partial charge on any atom is 0.406 e. The van der Waals surface area contributed by atoms with Crippen molar-refractivity contribution >= 4 is 21.7 Å². The quantitative estimate of drug-likeness (QED) is 0.627. The molecule has 0 aliphatic heterocycles. The summed E-state index contributed by atoms with van der Waals surface area (Å²) in [5, 5.41) is 18.3. The van der Waals surface area contributed by atoms with Crippen LogP contribution in [-0.4, -0.2) is 20.1 Å². The average Bonchev–Trinajstić information content (AvgIpc) is 2.75. The van der Waals surface area contributed by atoms with E-state index in [1.807, 2.05) is 0 Å². The third kappa shape index (κ3) is 3.05. The van der Waals surface area contributed by atoms with Crippen LogP contribution in [0.2, 0.25) is 0 Å². The first kappa shape index (κ1) is 13.4. The van der Waals surface area contributed by atoms with Gasteiger partial charge in [0, 0.05) is 13.0 Å². The normalized spacial score (nSPS) is 12.2. The molecule has 0 saturated heterocycles. The van der Waals surface area contributed by atoms with Crippen molar-refractivity contribution < 1.29 is 14.1 Å². The van der Waals surface area contributed by atoms with Crippen molar-refractivity contribution in [3.8, 4) is 5.75 Å². The molecular weight excluding hydrogens is 320 g/mol. The van der Waals surface area contributed by atoms with E-state index in [2.05, 4.69) is 31.1 Å². The average molecular weight is 329 g/mol. The minimum atomic E-state index is -0.618. The number of hydrogen-bond acceptors (Lipinski definition) is 7. The Kier molecular flexibility index (Phi) is 3.74. The number of pyridine rings is 1. The monoisotopic (exact) mass is 328 g/mol. The standard InChI is InChI=1S/C10H9BrN4O4/c1-5(10-14-13-6(2)19-10)18-8-3-7(11)4-12-9(8)15(16)17/h3-5H,1-2H3. The van der Waals surface area contributed by atoms with Crippen molar-refractivity contribution in [3.63, 3.8) is 0 Å². The Morgan fingerprint density at radius 1 is 1.53 bits per heavy atom. The number of aryl methyl sites for hydroxylation is 1. The van der Waals surface area contributed by atoms with Crippen LogP contribution in [0.3, 0.4) is 0 Å². The van der Waals surface area contributed by atoms with Gasteiger partial charge in [-0.3, -0.25) is 0 Å². The van der Waals surface area contributed by atoms with Crippen LogP contribution in [0.5, 0.6) is 5.75 Å². The highest BCUT2D eigenvalue weighted by molar-refractivity contribution is 9.10. The molecule has 0 aliphatic rings. The first-order valence-corrected chi connectivity index (χ1v) is 6.03. The Morgan fingerprint density at radius 2 is 2.26 bits per heavy atom. The second-order valence-corrected chi connectivity index (χ2v) is 4.57. The van der Waals surface area contributed by atoms with Crippen LogP contribution < -0.4 is 4.74 Å². The van der Waals surface area contributed by atoms with E-state index in [0.29, 0.717) is 10.4 Å². The third-order valence-electron chi connectivity index (χ3n) is 2.17. The lowest BCUT2D eigenvalue weighted by molar-refractivity contribution is -0.390. The number of ether oxygens (including phenoxy) is 1. The maximum absolute atomic E-state index is 10.9. The van der Waals surface area contributed by atoms with Crippen LogP contribution in [0.1, 0.15) is 24.8 Å². The number of rotatable bonds is 4. The molecule has 0 radical (unpaired) electrons. The third-order valence-corrected chi connectivity index (χ3v) is 2.60. The van der Waals surface area contributed by atoms with Gasteiger partial charge in [-0.05, 0) is 32.8 Å². The summed E-state index contributed by atoms with van der Waals surface area (Å²) in [5.41, 5.74) is 0. The highest BCUT2D eigenvalue weighted by atomic mass is 79.9. The molecule has 2 aromatic heterocycles. The van der Waals surface area contributed by atoms with Gasteiger partial charge < -0.3 is 19.3 Å². The number of nitrogens with zero attached hydrogens (tertiary/aromatic N) is 4. The molecule has 100 valence electrons. The van der Waals surface area contributed by atoms with Crippen molar-refractivity contribution in [1.29, 1.82) is 0 Å². The van der Waals surface area contributed by atoms with Gasteiger partial charge >= 0.3 is 5.82 Å². The van der Waals surface area contributed by atoms with Crippen molar-refractivity contribution in [2.45, 2.75) is 20.0 Å². The Labute approximate surface area is 116 Å². The lowest BCUT2D eigenvalue weighted by Crippen LogP contribution is -2.06. The fraction of sp³-hybridized carbons (Fsp3) is 0.300. The molecule has 0 saturated carbocycles. The predicted molar refractivity (Wildman–Crippen MR) is 66.7 cm³/mol. The van der Waals surface area contributed by atoms with Crippen LogP contribution in [0.15, 0.2) is 21.2 Å². The molecule has 0 aliphatic carbocycles. The van der Waals surface area contributed by atoms with Gasteiger partial charge in [-0.25, -0.2) is 0 Å². The van der Waals surface area contributed by atoms with Gasteiger partial charge in [-0.2, -0.15) is 0 Å². The summed E-state index contributed by atoms with van der Waals surface area (Å²) < 4.78 is 11.2. The predicted octanol–water partition coefficient (Wildman–Crippen LogP) is 2.58. The van der Waals surface area contributed by atoms with Crippen molar-refractivity contribution in [2.75, 3.05) is 0 Å². The van der Waals surface area contributed by atoms with Crippen LogP contribution in [0.25, 0.3) is 0 Å². The van der Waals surface area contributed by atoms with Gasteiger partial charge in [0.15, 0.2) is 12.3 Å². The molecule has 0 aromatic carbocycles. The molecule has 0 bridgehead atoms. The summed E-state index contributed by atoms with van der Waals surface area (Å²) in [6.45, 7) is 3.30. The van der Waals surface area contributed by atoms with E-state index >= 15 is 0 Å². The van der Waals surface area contributed by atoms with Crippen molar-refractivity contribution in [2.24, 2.45) is 0 Å². The minimum Gasteiger partial charge on any atom is -0.473 e. The molecule has 0 spiro atoms. The van der Waals surface area contributed by atoms with Crippen LogP contribution in [-0.2, 0) is 0 Å². The van der Waals surface area contributed by atoms with Gasteiger partial charge in [0.05, 0.1) is 4.47 Å². The van der Waals surface area contributed by atoms with E-state index in [1.54, 1.807) is 13.8 Å². The molecule has 1 unspecified atom stereocenters. The molecular formula is C10H9BrN4O4. The lowest BCUT2D eigenvalue weighted by Gasteiger charge is -2.10. The van der Waals surface area contributed by atoms with Crippen LogP contribution in [0, 0.1) is 17.0 Å². The Hall–Kier alpha value is -2.03. The summed E-state index contributed by atoms with van der Waals surface area (Å²) >= 11 is 3.18. The molecule has 0 fully saturated rings. The van der Waals surface area contributed by atoms with E-state index in [-0.39, 0.29) is 17.5 Å². The fourth-order valence-corrected chi connectivity index (χ4v) is 1.66. The van der Waals surface area contributed by atoms with E-state index in [1.165, 1.54) is 12.3 Å². The summed E-state index contributed by atoms with van der Waals surface area (Å²) in [7, 11) is 0. The highest BCUT2D eigenvalue weighted by Crippen LogP contribution is 2.31. The summed E-state index contributed by atoms with van der Waals surface area (Å²) in [5.74, 6) is 0.299. The smallest absolute Gasteiger partial charge is 0.406 e. The van der Waals surface area contributed by atoms with Crippen molar-refractivity contribution in [3.05, 3.63) is 38.6 Å². The minimum absolute atomic E-state index is 0.0303. The molecule has 2 rings (SSSR count). The summed E-state index contributed by atoms with van der Waals surface area (Å²) in [6.07, 6.45) is 0.711. The first-order chi connectivity index (χ1) is 8.97. The molecule has 1 atom stereocenters. The molecule has 2 heterocycles. The zero-order chi connectivity index (χ0) is 14.0. The van der Waals surface area contributed by atoms with Gasteiger partial charge in [0.1, 0.15) is 0 Å². The molecule has 0 N–H and O–H groups in total. The van der Waals surface area contributed by atoms with Gasteiger partial charge in [0.2, 0.25) is 11.6 Å². The zero-order valence-corrected chi connectivity index (χ0v) is 11.6. The van der Waals surface area contributed by atoms with E-state index < -0.39 is 11.0 Å². The topological polar surface area (TPSA) is 104 Å². The Balaban J connectivity index is 2.27. The first-order valence-electron chi connectivity index (χ1n) is 5.24. The van der Waals surface area contributed by atoms with Crippen LogP contribution >= 0.6 is 15.9 Å². The molecule has 9 heteroatoms. The largest absolute Gasteiger partial charge is 0.473 e. The Morgan fingerprint density at radius 3 is 2.84 bits per heavy atom. The molecule has 0 amide bonds. The SMILES string of the molecule is Cc1nnc(C(C)Oc2cc(Br)cnc2[N+](=O)[O-])o1. The van der Waals surface area contributed by atoms with E-state index in [0.717, 1.165) is 0 Å². The molecule has 8 nitrogen and oxygen atoms in total. The van der Waals surface area contributed by atoms with Crippen molar-refractivity contribution in [1.82, 2.24) is 15.2 Å². The van der Waals surface area contributed by atoms with Crippen LogP contribution in [0.4, 0.5) is 5.82 Å². The molecule has 19 heavy (non-hydrogen) atoms. The summed E-state index contributed by atoms with van der Waals surface area (Å²) in [4.78, 5) is 13.9. The lowest BCUT2D eigenvalue weighted by atomic mass is 10.4. The Bertz CT molecular complexity index is 615. The van der Waals surface area contributed by atoms with E-state index in [4.69, 9.17) is 9.15 Å². The second kappa shape index (κ2) is 5.31. The van der Waals surface area contributed by atoms with Gasteiger partial charge in [-0.1, -0.05) is 0 Å². The number of hydrogen-bond donors (Lipinski definition) is 0. The molecule has 2 aromatic rings. The maximum atomic E-state index is 10.9. The number of halogens is 1. The van der Waals surface area contributed by atoms with Gasteiger partial charge in [-0.15, -0.1) is 10.2 Å². The fourth-order valence-electron chi connectivity index (χ4n) is 1.35. The van der Waals surface area contributed by atoms with Gasteiger partial charge in [0.25, 0.3) is 5.89 Å². The number of nitro groups is 1. The summed E-state index contributed by atoms with van der Waals surface area (Å²) in [6, 6.07) is 1.46. The highest BCUT2D eigenvalue weighted by Gasteiger charge is 2.22. The van der Waals surface area contributed by atoms with E-state index in [9.17, 15) is 10.1 Å². The zero-order valence-electron chi connectivity index (χ0n) is 10.0. The number of aromatic nitrogens is 3. The second-order valence-electron chi connectivity index (χ2n) is 3.65.